The van der Waals surface area contributed by atoms with Crippen molar-refractivity contribution in [2.75, 3.05) is 6.54 Å². The summed E-state index contributed by atoms with van der Waals surface area (Å²) in [4.78, 5) is 14.3. The molecule has 0 radical (unpaired) electrons. The van der Waals surface area contributed by atoms with E-state index in [2.05, 4.69) is 26.8 Å². The fourth-order valence-corrected chi connectivity index (χ4v) is 3.30. The molecule has 3 nitrogen and oxygen atoms in total. The average molecular weight is 220 g/mol. The van der Waals surface area contributed by atoms with Gasteiger partial charge in [0.2, 0.25) is 5.91 Å². The largest absolute Gasteiger partial charge is 0.338 e. The maximum atomic E-state index is 12.4. The number of hydrogen-bond acceptors (Lipinski definition) is 2. The molecule has 2 aliphatic rings. The summed E-state index contributed by atoms with van der Waals surface area (Å²) in [6, 6.07) is 2.58. The number of amides is 1. The highest BCUT2D eigenvalue weighted by Crippen LogP contribution is 2.47. The van der Waals surface area contributed by atoms with Crippen molar-refractivity contribution >= 4 is 5.91 Å². The van der Waals surface area contributed by atoms with Crippen LogP contribution in [0.15, 0.2) is 0 Å². The van der Waals surface area contributed by atoms with Crippen molar-refractivity contribution in [1.82, 2.24) is 4.90 Å². The summed E-state index contributed by atoms with van der Waals surface area (Å²) in [7, 11) is 0. The minimum atomic E-state index is -0.683. The molecule has 0 spiro atoms. The number of rotatable bonds is 1. The Morgan fingerprint density at radius 1 is 1.31 bits per heavy atom. The Morgan fingerprint density at radius 2 is 1.94 bits per heavy atom. The van der Waals surface area contributed by atoms with Crippen LogP contribution in [0.5, 0.6) is 0 Å². The molecule has 2 atom stereocenters. The monoisotopic (exact) mass is 220 g/mol. The molecule has 0 aromatic heterocycles. The number of carbonyl (C=O) groups excluding carboxylic acids is 1. The van der Waals surface area contributed by atoms with Crippen LogP contribution in [0, 0.1) is 28.6 Å². The minimum absolute atomic E-state index is 0.0879. The molecule has 2 fully saturated rings. The van der Waals surface area contributed by atoms with Crippen LogP contribution in [0.3, 0.4) is 0 Å². The van der Waals surface area contributed by atoms with Crippen LogP contribution >= 0.6 is 0 Å². The summed E-state index contributed by atoms with van der Waals surface area (Å²) >= 11 is 0. The number of likely N-dealkylation sites (tertiary alicyclic amines) is 1. The van der Waals surface area contributed by atoms with Crippen LogP contribution in [-0.2, 0) is 4.79 Å². The quantitative estimate of drug-likeness (QED) is 0.680. The van der Waals surface area contributed by atoms with Gasteiger partial charge in [0.1, 0.15) is 5.41 Å². The van der Waals surface area contributed by atoms with Gasteiger partial charge in [-0.1, -0.05) is 13.8 Å². The molecular weight excluding hydrogens is 200 g/mol. The van der Waals surface area contributed by atoms with Gasteiger partial charge in [0.25, 0.3) is 0 Å². The zero-order valence-electron chi connectivity index (χ0n) is 10.4. The van der Waals surface area contributed by atoms with Crippen LogP contribution in [0.2, 0.25) is 0 Å². The van der Waals surface area contributed by atoms with E-state index in [0.717, 1.165) is 25.8 Å². The molecule has 1 saturated carbocycles. The third kappa shape index (κ3) is 1.61. The molecule has 1 aliphatic carbocycles. The lowest BCUT2D eigenvalue weighted by Gasteiger charge is -2.42. The van der Waals surface area contributed by atoms with Crippen LogP contribution in [0.25, 0.3) is 0 Å². The fraction of sp³-hybridized carbons (Fsp3) is 0.846. The lowest BCUT2D eigenvalue weighted by atomic mass is 9.62. The first kappa shape index (κ1) is 11.4. The molecule has 1 heterocycles. The van der Waals surface area contributed by atoms with Crippen molar-refractivity contribution in [2.45, 2.75) is 46.1 Å². The first-order valence-electron chi connectivity index (χ1n) is 6.21. The minimum Gasteiger partial charge on any atom is -0.338 e. The molecule has 2 rings (SSSR count). The van der Waals surface area contributed by atoms with E-state index in [4.69, 9.17) is 0 Å². The van der Waals surface area contributed by atoms with E-state index >= 15 is 0 Å². The highest BCUT2D eigenvalue weighted by Gasteiger charge is 2.52. The van der Waals surface area contributed by atoms with Crippen molar-refractivity contribution in [3.8, 4) is 6.07 Å². The van der Waals surface area contributed by atoms with Gasteiger partial charge in [-0.3, -0.25) is 4.79 Å². The Kier molecular flexibility index (Phi) is 2.69. The molecule has 0 bridgehead atoms. The normalized spacial score (nSPS) is 42.6. The highest BCUT2D eigenvalue weighted by molar-refractivity contribution is 5.87. The maximum Gasteiger partial charge on any atom is 0.243 e. The molecule has 16 heavy (non-hydrogen) atoms. The molecule has 2 unspecified atom stereocenters. The smallest absolute Gasteiger partial charge is 0.243 e. The summed E-state index contributed by atoms with van der Waals surface area (Å²) in [5, 5.41) is 9.24. The van der Waals surface area contributed by atoms with Crippen molar-refractivity contribution in [3.05, 3.63) is 0 Å². The van der Waals surface area contributed by atoms with Gasteiger partial charge < -0.3 is 4.90 Å². The molecule has 0 N–H and O–H groups in total. The van der Waals surface area contributed by atoms with Crippen molar-refractivity contribution < 1.29 is 4.79 Å². The molecular formula is C13H20N2O. The van der Waals surface area contributed by atoms with Crippen LogP contribution < -0.4 is 0 Å². The first-order chi connectivity index (χ1) is 7.48. The van der Waals surface area contributed by atoms with Crippen molar-refractivity contribution in [3.63, 3.8) is 0 Å². The molecule has 1 saturated heterocycles. The van der Waals surface area contributed by atoms with Gasteiger partial charge in [-0.2, -0.15) is 5.26 Å². The average Bonchev–Trinajstić information content (AvgIpc) is 2.51. The van der Waals surface area contributed by atoms with Crippen molar-refractivity contribution in [1.29, 1.82) is 5.26 Å². The summed E-state index contributed by atoms with van der Waals surface area (Å²) in [6.07, 6.45) is 2.57. The van der Waals surface area contributed by atoms with Crippen molar-refractivity contribution in [2.24, 2.45) is 17.3 Å². The highest BCUT2D eigenvalue weighted by atomic mass is 16.2. The summed E-state index contributed by atoms with van der Waals surface area (Å²) < 4.78 is 0. The fourth-order valence-electron chi connectivity index (χ4n) is 3.30. The predicted molar refractivity (Wildman–Crippen MR) is 61.4 cm³/mol. The topological polar surface area (TPSA) is 44.1 Å². The third-order valence-corrected chi connectivity index (χ3v) is 4.06. The Bertz CT molecular complexity index is 338. The van der Waals surface area contributed by atoms with E-state index in [9.17, 15) is 10.1 Å². The van der Waals surface area contributed by atoms with Gasteiger partial charge in [-0.05, 0) is 38.0 Å². The van der Waals surface area contributed by atoms with Crippen LogP contribution in [0.1, 0.15) is 40.0 Å². The second-order valence-corrected chi connectivity index (χ2v) is 5.85. The number of nitrogens with zero attached hydrogens (tertiary/aromatic N) is 2. The van der Waals surface area contributed by atoms with E-state index in [1.54, 1.807) is 0 Å². The second-order valence-electron chi connectivity index (χ2n) is 5.85. The van der Waals surface area contributed by atoms with Gasteiger partial charge in [-0.25, -0.2) is 0 Å². The van der Waals surface area contributed by atoms with Gasteiger partial charge in [0, 0.05) is 12.6 Å². The molecule has 1 amide bonds. The SMILES string of the molecule is CC1CC(C)N(C(=O)C2(C#N)CC(C)C2)C1. The van der Waals surface area contributed by atoms with Crippen LogP contribution in [-0.4, -0.2) is 23.4 Å². The Labute approximate surface area is 97.4 Å². The lowest BCUT2D eigenvalue weighted by molar-refractivity contribution is -0.146. The molecule has 1 aliphatic heterocycles. The first-order valence-corrected chi connectivity index (χ1v) is 6.21. The molecule has 0 aromatic carbocycles. The molecule has 0 aromatic rings. The Hall–Kier alpha value is -1.04. The summed E-state index contributed by atoms with van der Waals surface area (Å²) in [5.41, 5.74) is -0.683. The second kappa shape index (κ2) is 3.76. The summed E-state index contributed by atoms with van der Waals surface area (Å²) in [5.74, 6) is 1.19. The molecule has 88 valence electrons. The van der Waals surface area contributed by atoms with E-state index < -0.39 is 5.41 Å². The number of carbonyl (C=O) groups is 1. The molecule has 3 heteroatoms. The zero-order chi connectivity index (χ0) is 11.9. The van der Waals surface area contributed by atoms with E-state index in [1.165, 1.54) is 0 Å². The predicted octanol–water partition coefficient (Wildman–Crippen LogP) is 2.18. The Morgan fingerprint density at radius 3 is 2.31 bits per heavy atom. The van der Waals surface area contributed by atoms with E-state index in [-0.39, 0.29) is 5.91 Å². The standard InChI is InChI=1S/C13H20N2O/c1-9-4-11(3)15(7-9)12(16)13(8-14)5-10(2)6-13/h9-11H,4-7H2,1-3H3. The third-order valence-electron chi connectivity index (χ3n) is 4.06. The number of hydrogen-bond donors (Lipinski definition) is 0. The Balaban J connectivity index is 2.11. The van der Waals surface area contributed by atoms with Gasteiger partial charge in [-0.15, -0.1) is 0 Å². The lowest BCUT2D eigenvalue weighted by Crippen LogP contribution is -2.51. The maximum absolute atomic E-state index is 12.4. The van der Waals surface area contributed by atoms with E-state index in [1.807, 2.05) is 4.90 Å². The number of nitriles is 1. The van der Waals surface area contributed by atoms with E-state index in [0.29, 0.717) is 17.9 Å². The van der Waals surface area contributed by atoms with Gasteiger partial charge in [0.15, 0.2) is 0 Å². The van der Waals surface area contributed by atoms with Gasteiger partial charge in [0.05, 0.1) is 6.07 Å². The van der Waals surface area contributed by atoms with Gasteiger partial charge >= 0.3 is 0 Å². The summed E-state index contributed by atoms with van der Waals surface area (Å²) in [6.45, 7) is 7.21. The zero-order valence-corrected chi connectivity index (χ0v) is 10.4. The van der Waals surface area contributed by atoms with Crippen LogP contribution in [0.4, 0.5) is 0 Å².